The molecule has 0 fully saturated rings. The van der Waals surface area contributed by atoms with E-state index in [1.807, 2.05) is 45.0 Å². The summed E-state index contributed by atoms with van der Waals surface area (Å²) in [5, 5.41) is 3.64. The fraction of sp³-hybridized carbons (Fsp3) is 0.500. The Bertz CT molecular complexity index is 407. The average Bonchev–Trinajstić information content (AvgIpc) is 2.30. The molecule has 2 atom stereocenters. The lowest BCUT2D eigenvalue weighted by atomic mass is 10.0. The third kappa shape index (κ3) is 4.31. The number of carbonyl (C=O) groups excluding carboxylic acids is 1. The number of hydrogen-bond donors (Lipinski definition) is 2. The van der Waals surface area contributed by atoms with E-state index in [9.17, 15) is 4.79 Å². The molecule has 0 aliphatic carbocycles. The smallest absolute Gasteiger partial charge is 0.237 e. The van der Waals surface area contributed by atoms with Crippen LogP contribution in [-0.4, -0.2) is 18.0 Å². The summed E-state index contributed by atoms with van der Waals surface area (Å²) in [5.74, 6) is 0.0297. The van der Waals surface area contributed by atoms with Gasteiger partial charge in [-0.1, -0.05) is 43.6 Å². The van der Waals surface area contributed by atoms with E-state index in [0.29, 0.717) is 6.42 Å². The first-order chi connectivity index (χ1) is 8.41. The van der Waals surface area contributed by atoms with Gasteiger partial charge in [-0.3, -0.25) is 4.79 Å². The van der Waals surface area contributed by atoms with Gasteiger partial charge in [-0.25, -0.2) is 0 Å². The Labute approximate surface area is 114 Å². The zero-order valence-corrected chi connectivity index (χ0v) is 11.9. The fourth-order valence-electron chi connectivity index (χ4n) is 1.69. The molecule has 0 aromatic heterocycles. The Hall–Kier alpha value is -1.06. The first-order valence-electron chi connectivity index (χ1n) is 6.21. The van der Waals surface area contributed by atoms with Crippen molar-refractivity contribution in [2.45, 2.75) is 39.3 Å². The highest BCUT2D eigenvalue weighted by Gasteiger charge is 2.19. The third-order valence-corrected chi connectivity index (χ3v) is 3.26. The molecule has 1 aromatic rings. The number of nitrogens with two attached hydrogens (primary N) is 1. The molecule has 3 nitrogen and oxygen atoms in total. The van der Waals surface area contributed by atoms with E-state index < -0.39 is 6.04 Å². The highest BCUT2D eigenvalue weighted by Crippen LogP contribution is 2.16. The molecular weight excluding hydrogens is 248 g/mol. The Kier molecular flexibility index (Phi) is 5.63. The van der Waals surface area contributed by atoms with E-state index in [1.165, 1.54) is 0 Å². The number of nitrogens with one attached hydrogen (secondary N) is 1. The van der Waals surface area contributed by atoms with Crippen LogP contribution in [-0.2, 0) is 11.2 Å². The quantitative estimate of drug-likeness (QED) is 0.861. The Morgan fingerprint density at radius 3 is 2.50 bits per heavy atom. The Balaban J connectivity index is 2.55. The summed E-state index contributed by atoms with van der Waals surface area (Å²) in [6.45, 7) is 5.82. The highest BCUT2D eigenvalue weighted by atomic mass is 35.5. The summed E-state index contributed by atoms with van der Waals surface area (Å²) < 4.78 is 0. The van der Waals surface area contributed by atoms with Crippen LogP contribution in [0.2, 0.25) is 5.02 Å². The molecule has 1 rings (SSSR count). The lowest BCUT2D eigenvalue weighted by Crippen LogP contribution is -2.47. The predicted molar refractivity (Wildman–Crippen MR) is 75.6 cm³/mol. The van der Waals surface area contributed by atoms with Crippen molar-refractivity contribution in [2.75, 3.05) is 0 Å². The molecule has 0 aliphatic rings. The number of rotatable bonds is 5. The maximum absolute atomic E-state index is 11.8. The molecule has 1 amide bonds. The minimum Gasteiger partial charge on any atom is -0.352 e. The van der Waals surface area contributed by atoms with Crippen LogP contribution in [0.5, 0.6) is 0 Å². The molecule has 0 saturated carbocycles. The molecule has 4 heteroatoms. The molecule has 0 bridgehead atoms. The van der Waals surface area contributed by atoms with Crippen molar-refractivity contribution < 1.29 is 4.79 Å². The summed E-state index contributed by atoms with van der Waals surface area (Å²) in [7, 11) is 0. The van der Waals surface area contributed by atoms with Crippen molar-refractivity contribution in [1.82, 2.24) is 5.32 Å². The SMILES string of the molecule is CC(Cc1ccccc1Cl)NC(=O)C(N)C(C)C. The number of hydrogen-bond acceptors (Lipinski definition) is 2. The second-order valence-corrected chi connectivity index (χ2v) is 5.38. The molecule has 0 saturated heterocycles. The van der Waals surface area contributed by atoms with Gasteiger partial charge in [-0.05, 0) is 30.9 Å². The van der Waals surface area contributed by atoms with Crippen molar-refractivity contribution in [1.29, 1.82) is 0 Å². The average molecular weight is 269 g/mol. The lowest BCUT2D eigenvalue weighted by molar-refractivity contribution is -0.123. The van der Waals surface area contributed by atoms with Crippen molar-refractivity contribution in [2.24, 2.45) is 11.7 Å². The minimum absolute atomic E-state index is 0.0159. The van der Waals surface area contributed by atoms with Crippen LogP contribution in [0, 0.1) is 5.92 Å². The van der Waals surface area contributed by atoms with Crippen LogP contribution >= 0.6 is 11.6 Å². The first-order valence-corrected chi connectivity index (χ1v) is 6.59. The molecule has 2 unspecified atom stereocenters. The maximum atomic E-state index is 11.8. The summed E-state index contributed by atoms with van der Waals surface area (Å²) in [5.41, 5.74) is 6.83. The van der Waals surface area contributed by atoms with Crippen LogP contribution < -0.4 is 11.1 Å². The molecule has 0 aliphatic heterocycles. The second-order valence-electron chi connectivity index (χ2n) is 4.97. The van der Waals surface area contributed by atoms with Gasteiger partial charge in [0.05, 0.1) is 6.04 Å². The Morgan fingerprint density at radius 2 is 1.94 bits per heavy atom. The van der Waals surface area contributed by atoms with E-state index in [2.05, 4.69) is 5.32 Å². The summed E-state index contributed by atoms with van der Waals surface area (Å²) in [6.07, 6.45) is 0.705. The van der Waals surface area contributed by atoms with E-state index in [0.717, 1.165) is 10.6 Å². The van der Waals surface area contributed by atoms with Crippen LogP contribution in [0.4, 0.5) is 0 Å². The Morgan fingerprint density at radius 1 is 1.33 bits per heavy atom. The molecule has 0 heterocycles. The second kappa shape index (κ2) is 6.76. The van der Waals surface area contributed by atoms with E-state index in [1.54, 1.807) is 0 Å². The van der Waals surface area contributed by atoms with Crippen molar-refractivity contribution in [3.63, 3.8) is 0 Å². The van der Waals surface area contributed by atoms with Gasteiger partial charge in [0.1, 0.15) is 0 Å². The van der Waals surface area contributed by atoms with Gasteiger partial charge in [0.2, 0.25) is 5.91 Å². The fourth-order valence-corrected chi connectivity index (χ4v) is 1.90. The number of carbonyl (C=O) groups is 1. The van der Waals surface area contributed by atoms with Gasteiger partial charge in [0.25, 0.3) is 0 Å². The van der Waals surface area contributed by atoms with Gasteiger partial charge in [-0.15, -0.1) is 0 Å². The van der Waals surface area contributed by atoms with Gasteiger partial charge < -0.3 is 11.1 Å². The lowest BCUT2D eigenvalue weighted by Gasteiger charge is -2.20. The van der Waals surface area contributed by atoms with Gasteiger partial charge >= 0.3 is 0 Å². The summed E-state index contributed by atoms with van der Waals surface area (Å²) >= 11 is 6.08. The van der Waals surface area contributed by atoms with Crippen LogP contribution in [0.25, 0.3) is 0 Å². The summed E-state index contributed by atoms with van der Waals surface area (Å²) in [4.78, 5) is 11.8. The zero-order chi connectivity index (χ0) is 13.7. The molecule has 18 heavy (non-hydrogen) atoms. The van der Waals surface area contributed by atoms with Crippen LogP contribution in [0.1, 0.15) is 26.3 Å². The monoisotopic (exact) mass is 268 g/mol. The predicted octanol–water partition coefficient (Wildman–Crippen LogP) is 2.37. The van der Waals surface area contributed by atoms with Crippen LogP contribution in [0.3, 0.4) is 0 Å². The standard InChI is InChI=1S/C14H21ClN2O/c1-9(2)13(16)14(18)17-10(3)8-11-6-4-5-7-12(11)15/h4-7,9-10,13H,8,16H2,1-3H3,(H,17,18). The molecule has 0 spiro atoms. The van der Waals surface area contributed by atoms with Crippen molar-refractivity contribution >= 4 is 17.5 Å². The maximum Gasteiger partial charge on any atom is 0.237 e. The molecule has 0 radical (unpaired) electrons. The molecule has 1 aromatic carbocycles. The molecular formula is C14H21ClN2O. The number of benzene rings is 1. The van der Waals surface area contributed by atoms with Gasteiger partial charge in [0, 0.05) is 11.1 Å². The normalized spacial score (nSPS) is 14.3. The topological polar surface area (TPSA) is 55.1 Å². The van der Waals surface area contributed by atoms with E-state index in [4.69, 9.17) is 17.3 Å². The number of amides is 1. The van der Waals surface area contributed by atoms with E-state index >= 15 is 0 Å². The van der Waals surface area contributed by atoms with E-state index in [-0.39, 0.29) is 17.9 Å². The summed E-state index contributed by atoms with van der Waals surface area (Å²) in [6, 6.07) is 7.21. The van der Waals surface area contributed by atoms with Gasteiger partial charge in [-0.2, -0.15) is 0 Å². The van der Waals surface area contributed by atoms with Crippen molar-refractivity contribution in [3.8, 4) is 0 Å². The highest BCUT2D eigenvalue weighted by molar-refractivity contribution is 6.31. The minimum atomic E-state index is -0.460. The third-order valence-electron chi connectivity index (χ3n) is 2.89. The first kappa shape index (κ1) is 15.0. The van der Waals surface area contributed by atoms with Gasteiger partial charge in [0.15, 0.2) is 0 Å². The molecule has 100 valence electrons. The van der Waals surface area contributed by atoms with Crippen LogP contribution in [0.15, 0.2) is 24.3 Å². The van der Waals surface area contributed by atoms with Crippen molar-refractivity contribution in [3.05, 3.63) is 34.9 Å². The zero-order valence-electron chi connectivity index (χ0n) is 11.1. The number of halogens is 1. The largest absolute Gasteiger partial charge is 0.352 e. The molecule has 3 N–H and O–H groups in total.